The molecule has 0 spiro atoms. The van der Waals surface area contributed by atoms with E-state index in [4.69, 9.17) is 9.84 Å². The van der Waals surface area contributed by atoms with Gasteiger partial charge in [0.15, 0.2) is 0 Å². The summed E-state index contributed by atoms with van der Waals surface area (Å²) < 4.78 is 6.28. The van der Waals surface area contributed by atoms with Crippen molar-refractivity contribution in [2.75, 3.05) is 6.61 Å². The maximum absolute atomic E-state index is 10.9. The van der Waals surface area contributed by atoms with Gasteiger partial charge in [-0.3, -0.25) is 4.79 Å². The number of aliphatic hydroxyl groups is 1. The monoisotopic (exact) mass is 454 g/mol. The van der Waals surface area contributed by atoms with Crippen LogP contribution >= 0.6 is 0 Å². The van der Waals surface area contributed by atoms with Gasteiger partial charge >= 0.3 is 5.97 Å². The van der Waals surface area contributed by atoms with Crippen molar-refractivity contribution in [3.05, 3.63) is 60.2 Å². The quantitative estimate of drug-likeness (QED) is 0.271. The van der Waals surface area contributed by atoms with Crippen LogP contribution in [0.25, 0.3) is 0 Å². The minimum absolute atomic E-state index is 0.00494. The van der Waals surface area contributed by atoms with Crippen molar-refractivity contribution in [2.45, 2.75) is 89.8 Å². The molecule has 3 rings (SSSR count). The van der Waals surface area contributed by atoms with Crippen LogP contribution < -0.4 is 0 Å². The Labute approximate surface area is 199 Å². The van der Waals surface area contributed by atoms with Gasteiger partial charge in [0.25, 0.3) is 0 Å². The Bertz CT molecular complexity index is 812. The van der Waals surface area contributed by atoms with Gasteiger partial charge in [0, 0.05) is 17.8 Å². The van der Waals surface area contributed by atoms with E-state index in [-0.39, 0.29) is 29.3 Å². The molecule has 182 valence electrons. The molecule has 2 N–H and O–H groups in total. The maximum Gasteiger partial charge on any atom is 0.303 e. The maximum atomic E-state index is 10.9. The number of hydrogen-bond donors (Lipinski definition) is 2. The van der Waals surface area contributed by atoms with E-state index in [9.17, 15) is 9.90 Å². The van der Waals surface area contributed by atoms with Gasteiger partial charge in [0.1, 0.15) is 0 Å². The number of carbonyl (C=O) groups is 1. The van der Waals surface area contributed by atoms with Gasteiger partial charge in [-0.2, -0.15) is 0 Å². The van der Waals surface area contributed by atoms with E-state index in [0.29, 0.717) is 12.3 Å². The van der Waals surface area contributed by atoms with Crippen LogP contribution in [0.15, 0.2) is 54.6 Å². The lowest BCUT2D eigenvalue weighted by Gasteiger charge is -2.38. The summed E-state index contributed by atoms with van der Waals surface area (Å²) in [7, 11) is 0. The second-order valence-corrected chi connectivity index (χ2v) is 10.7. The summed E-state index contributed by atoms with van der Waals surface area (Å²) >= 11 is 0. The molecule has 1 heterocycles. The standard InChI is InChI=1S/C29H42O4/c1-4-5-19-28(2,3)26(30)18-17-23-24(15-11-6-7-12-16-27(31)32)29(20-25(23)33-21-29)22-13-9-8-10-14-22/h6,8-11,13-14,17-18,23-26,30H,4-5,7,12,15-16,19-21H2,1-3H3,(H,31,32)/b11-6-,18-17+/t23-,24-,25-,26+,29-/m1/s1. The first-order valence-electron chi connectivity index (χ1n) is 12.7. The van der Waals surface area contributed by atoms with Crippen LogP contribution in [0.4, 0.5) is 0 Å². The van der Waals surface area contributed by atoms with Crippen molar-refractivity contribution < 1.29 is 19.7 Å². The number of fused-ring (bicyclic) bond motifs is 2. The van der Waals surface area contributed by atoms with E-state index < -0.39 is 12.1 Å². The fourth-order valence-electron chi connectivity index (χ4n) is 5.70. The van der Waals surface area contributed by atoms with Crippen molar-refractivity contribution in [3.63, 3.8) is 0 Å². The van der Waals surface area contributed by atoms with Crippen LogP contribution in [-0.4, -0.2) is 35.0 Å². The third kappa shape index (κ3) is 6.16. The Balaban J connectivity index is 1.77. The fraction of sp³-hybridized carbons (Fsp3) is 0.621. The number of ether oxygens (including phenoxy) is 1. The van der Waals surface area contributed by atoms with Crippen LogP contribution in [-0.2, 0) is 14.9 Å². The molecule has 0 unspecified atom stereocenters. The zero-order valence-corrected chi connectivity index (χ0v) is 20.6. The molecule has 1 aliphatic heterocycles. The van der Waals surface area contributed by atoms with Crippen LogP contribution in [0.2, 0.25) is 0 Å². The molecule has 0 radical (unpaired) electrons. The molecule has 5 atom stereocenters. The number of benzene rings is 1. The smallest absolute Gasteiger partial charge is 0.303 e. The number of unbranched alkanes of at least 4 members (excludes halogenated alkanes) is 2. The second-order valence-electron chi connectivity index (χ2n) is 10.7. The summed E-state index contributed by atoms with van der Waals surface area (Å²) in [6, 6.07) is 10.7. The van der Waals surface area contributed by atoms with E-state index >= 15 is 0 Å². The van der Waals surface area contributed by atoms with E-state index in [1.165, 1.54) is 5.56 Å². The Morgan fingerprint density at radius 2 is 2.00 bits per heavy atom. The summed E-state index contributed by atoms with van der Waals surface area (Å²) in [5.41, 5.74) is 1.20. The molecule has 2 fully saturated rings. The van der Waals surface area contributed by atoms with Crippen LogP contribution in [0.3, 0.4) is 0 Å². The van der Waals surface area contributed by atoms with Crippen molar-refractivity contribution in [3.8, 4) is 0 Å². The number of carboxylic acid groups (broad SMARTS) is 1. The number of aliphatic hydroxyl groups excluding tert-OH is 1. The lowest BCUT2D eigenvalue weighted by Crippen LogP contribution is -2.39. The summed E-state index contributed by atoms with van der Waals surface area (Å²) in [6.07, 6.45) is 15.2. The zero-order valence-electron chi connectivity index (χ0n) is 20.6. The van der Waals surface area contributed by atoms with Gasteiger partial charge in [-0.1, -0.05) is 88.2 Å². The highest BCUT2D eigenvalue weighted by Gasteiger charge is 2.58. The first kappa shape index (κ1) is 25.7. The lowest BCUT2D eigenvalue weighted by molar-refractivity contribution is -0.137. The summed E-state index contributed by atoms with van der Waals surface area (Å²) in [5, 5.41) is 19.8. The number of rotatable bonds is 13. The zero-order chi connectivity index (χ0) is 23.9. The number of hydrogen-bond acceptors (Lipinski definition) is 3. The molecular formula is C29H42O4. The molecule has 1 aromatic rings. The minimum atomic E-state index is -0.734. The highest BCUT2D eigenvalue weighted by atomic mass is 16.5. The van der Waals surface area contributed by atoms with Gasteiger partial charge < -0.3 is 14.9 Å². The van der Waals surface area contributed by atoms with Crippen molar-refractivity contribution >= 4 is 5.97 Å². The molecule has 0 aromatic heterocycles. The topological polar surface area (TPSA) is 66.8 Å². The lowest BCUT2D eigenvalue weighted by atomic mass is 9.69. The van der Waals surface area contributed by atoms with E-state index in [2.05, 4.69) is 69.3 Å². The highest BCUT2D eigenvalue weighted by molar-refractivity contribution is 5.66. The van der Waals surface area contributed by atoms with Gasteiger partial charge in [-0.25, -0.2) is 0 Å². The Morgan fingerprint density at radius 1 is 1.24 bits per heavy atom. The predicted molar refractivity (Wildman–Crippen MR) is 133 cm³/mol. The number of aliphatic carboxylic acids is 1. The molecule has 1 saturated heterocycles. The summed E-state index contributed by atoms with van der Waals surface area (Å²) in [4.78, 5) is 10.8. The number of carboxylic acids is 1. The average molecular weight is 455 g/mol. The second kappa shape index (κ2) is 11.5. The molecule has 2 aliphatic rings. The fourth-order valence-corrected chi connectivity index (χ4v) is 5.70. The van der Waals surface area contributed by atoms with Gasteiger partial charge in [-0.15, -0.1) is 0 Å². The van der Waals surface area contributed by atoms with E-state index in [1.54, 1.807) is 0 Å². The summed E-state index contributed by atoms with van der Waals surface area (Å²) in [5.74, 6) is -0.0712. The predicted octanol–water partition coefficient (Wildman–Crippen LogP) is 6.29. The van der Waals surface area contributed by atoms with Crippen LogP contribution in [0, 0.1) is 17.3 Å². The Hall–Kier alpha value is -1.91. The van der Waals surface area contributed by atoms with E-state index in [1.807, 2.05) is 6.08 Å². The van der Waals surface area contributed by atoms with Crippen LogP contribution in [0.1, 0.15) is 77.7 Å². The third-order valence-corrected chi connectivity index (χ3v) is 7.88. The van der Waals surface area contributed by atoms with Gasteiger partial charge in [0.05, 0.1) is 18.8 Å². The van der Waals surface area contributed by atoms with Gasteiger partial charge in [-0.05, 0) is 49.0 Å². The SMILES string of the molecule is CCCCC(C)(C)[C@@H](O)/C=C/[C@@H]1[C@@H](C/C=C\CCCC(=O)O)[C@@]2(c3ccccc3)CO[C@@H]1C2. The molecule has 4 nitrogen and oxygen atoms in total. The Kier molecular flexibility index (Phi) is 8.95. The molecule has 0 amide bonds. The van der Waals surface area contributed by atoms with Crippen LogP contribution in [0.5, 0.6) is 0 Å². The molecule has 4 heteroatoms. The molecule has 1 saturated carbocycles. The highest BCUT2D eigenvalue weighted by Crippen LogP contribution is 2.57. The normalized spacial score (nSPS) is 28.2. The number of allylic oxidation sites excluding steroid dienone is 2. The molecular weight excluding hydrogens is 412 g/mol. The summed E-state index contributed by atoms with van der Waals surface area (Å²) in [6.45, 7) is 7.23. The molecule has 2 bridgehead atoms. The van der Waals surface area contributed by atoms with E-state index in [0.717, 1.165) is 45.1 Å². The average Bonchev–Trinajstić information content (AvgIpc) is 3.37. The first-order valence-corrected chi connectivity index (χ1v) is 12.7. The third-order valence-electron chi connectivity index (χ3n) is 7.88. The van der Waals surface area contributed by atoms with Crippen molar-refractivity contribution in [2.24, 2.45) is 17.3 Å². The molecule has 1 aromatic carbocycles. The largest absolute Gasteiger partial charge is 0.481 e. The van der Waals surface area contributed by atoms with Crippen molar-refractivity contribution in [1.29, 1.82) is 0 Å². The molecule has 1 aliphatic carbocycles. The first-order chi connectivity index (χ1) is 15.8. The van der Waals surface area contributed by atoms with Crippen molar-refractivity contribution in [1.82, 2.24) is 0 Å². The minimum Gasteiger partial charge on any atom is -0.481 e. The van der Waals surface area contributed by atoms with Gasteiger partial charge in [0.2, 0.25) is 0 Å². The molecule has 33 heavy (non-hydrogen) atoms. The Morgan fingerprint density at radius 3 is 2.70 bits per heavy atom.